The third-order valence-corrected chi connectivity index (χ3v) is 5.10. The number of H-pyrrole nitrogens is 1. The van der Waals surface area contributed by atoms with Crippen LogP contribution in [0.5, 0.6) is 0 Å². The topological polar surface area (TPSA) is 65.2 Å². The molecule has 0 spiro atoms. The van der Waals surface area contributed by atoms with E-state index in [0.29, 0.717) is 17.7 Å². The van der Waals surface area contributed by atoms with Crippen LogP contribution in [0.2, 0.25) is 0 Å². The molecular weight excluding hydrogens is 326 g/mol. The third kappa shape index (κ3) is 2.75. The largest absolute Gasteiger partial charge is 0.358 e. The fourth-order valence-electron chi connectivity index (χ4n) is 3.52. The van der Waals surface area contributed by atoms with Crippen LogP contribution in [0.15, 0.2) is 42.5 Å². The van der Waals surface area contributed by atoms with Crippen LogP contribution >= 0.6 is 0 Å². The minimum Gasteiger partial charge on any atom is -0.358 e. The number of amides is 2. The minimum absolute atomic E-state index is 0.151. The molecule has 5 heteroatoms. The highest BCUT2D eigenvalue weighted by atomic mass is 16.2. The number of rotatable bonds is 3. The number of anilines is 2. The van der Waals surface area contributed by atoms with Crippen molar-refractivity contribution in [3.8, 4) is 0 Å². The van der Waals surface area contributed by atoms with Crippen LogP contribution in [0.1, 0.15) is 34.5 Å². The molecule has 2 amide bonds. The molecule has 0 saturated carbocycles. The van der Waals surface area contributed by atoms with E-state index in [1.807, 2.05) is 56.3 Å². The summed E-state index contributed by atoms with van der Waals surface area (Å²) >= 11 is 0. The molecule has 0 aliphatic carbocycles. The summed E-state index contributed by atoms with van der Waals surface area (Å²) in [5, 5.41) is 4.01. The predicted octanol–water partition coefficient (Wildman–Crippen LogP) is 4.16. The molecule has 1 aliphatic heterocycles. The maximum atomic E-state index is 12.7. The van der Waals surface area contributed by atoms with Crippen molar-refractivity contribution in [1.29, 1.82) is 0 Å². The molecule has 2 aromatic carbocycles. The summed E-state index contributed by atoms with van der Waals surface area (Å²) in [7, 11) is 0. The lowest BCUT2D eigenvalue weighted by Gasteiger charge is -2.16. The van der Waals surface area contributed by atoms with Gasteiger partial charge in [0, 0.05) is 35.4 Å². The Bertz CT molecular complexity index is 1000. The van der Waals surface area contributed by atoms with Gasteiger partial charge in [0.1, 0.15) is 0 Å². The number of hydrogen-bond donors (Lipinski definition) is 2. The number of aromatic amines is 1. The predicted molar refractivity (Wildman–Crippen MR) is 104 cm³/mol. The van der Waals surface area contributed by atoms with Crippen LogP contribution < -0.4 is 10.2 Å². The summed E-state index contributed by atoms with van der Waals surface area (Å²) in [5.74, 6) is 0.00722. The Morgan fingerprint density at radius 3 is 2.58 bits per heavy atom. The average molecular weight is 347 g/mol. The number of hydrogen-bond acceptors (Lipinski definition) is 2. The summed E-state index contributed by atoms with van der Waals surface area (Å²) < 4.78 is 0. The summed E-state index contributed by atoms with van der Waals surface area (Å²) in [6, 6.07) is 13.2. The maximum Gasteiger partial charge on any atom is 0.257 e. The normalized spacial score (nSPS) is 14.2. The number of carbonyl (C=O) groups excluding carboxylic acids is 2. The zero-order valence-electron chi connectivity index (χ0n) is 14.9. The monoisotopic (exact) mass is 347 g/mol. The smallest absolute Gasteiger partial charge is 0.257 e. The lowest BCUT2D eigenvalue weighted by molar-refractivity contribution is -0.117. The van der Waals surface area contributed by atoms with Crippen molar-refractivity contribution in [2.24, 2.45) is 0 Å². The fraction of sp³-hybridized carbons (Fsp3) is 0.238. The van der Waals surface area contributed by atoms with E-state index in [9.17, 15) is 9.59 Å². The molecule has 1 aromatic heterocycles. The molecule has 4 rings (SSSR count). The Kier molecular flexibility index (Phi) is 3.99. The van der Waals surface area contributed by atoms with E-state index in [4.69, 9.17) is 0 Å². The first-order chi connectivity index (χ1) is 12.5. The van der Waals surface area contributed by atoms with Crippen LogP contribution in [0.4, 0.5) is 11.4 Å². The quantitative estimate of drug-likeness (QED) is 0.747. The van der Waals surface area contributed by atoms with Gasteiger partial charge < -0.3 is 15.2 Å². The molecule has 0 radical (unpaired) electrons. The van der Waals surface area contributed by atoms with Crippen LogP contribution in [-0.2, 0) is 4.79 Å². The number of nitrogens with zero attached hydrogens (tertiary/aromatic N) is 1. The molecule has 26 heavy (non-hydrogen) atoms. The van der Waals surface area contributed by atoms with E-state index in [-0.39, 0.29) is 11.8 Å². The fourth-order valence-corrected chi connectivity index (χ4v) is 3.52. The van der Waals surface area contributed by atoms with Gasteiger partial charge in [0.05, 0.1) is 11.1 Å². The zero-order valence-corrected chi connectivity index (χ0v) is 14.9. The second kappa shape index (κ2) is 6.33. The van der Waals surface area contributed by atoms with Crippen molar-refractivity contribution < 1.29 is 9.59 Å². The summed E-state index contributed by atoms with van der Waals surface area (Å²) in [5.41, 5.74) is 5.30. The van der Waals surface area contributed by atoms with Gasteiger partial charge in [-0.25, -0.2) is 0 Å². The molecule has 1 aliphatic rings. The van der Waals surface area contributed by atoms with E-state index < -0.39 is 0 Å². The number of aromatic nitrogens is 1. The SMILES string of the molecule is Cc1[nH]c2c(C(=O)Nc3ccc(N4CCCC4=O)cc3)cccc2c1C. The molecule has 0 atom stereocenters. The molecule has 2 heterocycles. The lowest BCUT2D eigenvalue weighted by Crippen LogP contribution is -2.23. The van der Waals surface area contributed by atoms with Gasteiger partial charge in [-0.2, -0.15) is 0 Å². The van der Waals surface area contributed by atoms with Gasteiger partial charge in [-0.15, -0.1) is 0 Å². The average Bonchev–Trinajstić information content (AvgIpc) is 3.19. The molecule has 2 N–H and O–H groups in total. The van der Waals surface area contributed by atoms with Crippen molar-refractivity contribution in [3.05, 3.63) is 59.3 Å². The summed E-state index contributed by atoms with van der Waals surface area (Å²) in [6.07, 6.45) is 1.51. The van der Waals surface area contributed by atoms with Crippen molar-refractivity contribution >= 4 is 34.1 Å². The van der Waals surface area contributed by atoms with Crippen molar-refractivity contribution in [2.75, 3.05) is 16.8 Å². The van der Waals surface area contributed by atoms with Gasteiger partial charge in [-0.3, -0.25) is 9.59 Å². The zero-order chi connectivity index (χ0) is 18.3. The summed E-state index contributed by atoms with van der Waals surface area (Å²) in [6.45, 7) is 4.82. The standard InChI is InChI=1S/C21H21N3O2/c1-13-14(2)22-20-17(13)5-3-6-18(20)21(26)23-15-8-10-16(11-9-15)24-12-4-7-19(24)25/h3,5-6,8-11,22H,4,7,12H2,1-2H3,(H,23,26). The molecular formula is C21H21N3O2. The van der Waals surface area contributed by atoms with Gasteiger partial charge in [-0.05, 0) is 56.2 Å². The van der Waals surface area contributed by atoms with Crippen LogP contribution in [0, 0.1) is 13.8 Å². The first-order valence-electron chi connectivity index (χ1n) is 8.84. The third-order valence-electron chi connectivity index (χ3n) is 5.10. The number of benzene rings is 2. The Morgan fingerprint density at radius 1 is 1.12 bits per heavy atom. The van der Waals surface area contributed by atoms with Gasteiger partial charge in [-0.1, -0.05) is 12.1 Å². The Hall–Kier alpha value is -3.08. The number of carbonyl (C=O) groups is 2. The van der Waals surface area contributed by atoms with E-state index in [2.05, 4.69) is 10.3 Å². The number of aryl methyl sites for hydroxylation is 2. The van der Waals surface area contributed by atoms with Gasteiger partial charge in [0.25, 0.3) is 5.91 Å². The molecule has 1 fully saturated rings. The van der Waals surface area contributed by atoms with Crippen LogP contribution in [-0.4, -0.2) is 23.3 Å². The molecule has 3 aromatic rings. The highest BCUT2D eigenvalue weighted by Crippen LogP contribution is 2.26. The number of para-hydroxylation sites is 1. The maximum absolute atomic E-state index is 12.7. The molecule has 0 unspecified atom stereocenters. The van der Waals surface area contributed by atoms with Gasteiger partial charge in [0.15, 0.2) is 0 Å². The first kappa shape index (κ1) is 16.4. The van der Waals surface area contributed by atoms with Crippen molar-refractivity contribution in [3.63, 3.8) is 0 Å². The Morgan fingerprint density at radius 2 is 1.88 bits per heavy atom. The second-order valence-corrected chi connectivity index (χ2v) is 6.75. The highest BCUT2D eigenvalue weighted by Gasteiger charge is 2.21. The minimum atomic E-state index is -0.151. The van der Waals surface area contributed by atoms with Gasteiger partial charge in [0.2, 0.25) is 5.91 Å². The second-order valence-electron chi connectivity index (χ2n) is 6.75. The Labute approximate surface area is 152 Å². The van der Waals surface area contributed by atoms with E-state index in [1.165, 1.54) is 0 Å². The first-order valence-corrected chi connectivity index (χ1v) is 8.84. The van der Waals surface area contributed by atoms with Crippen molar-refractivity contribution in [2.45, 2.75) is 26.7 Å². The summed E-state index contributed by atoms with van der Waals surface area (Å²) in [4.78, 5) is 29.7. The molecule has 5 nitrogen and oxygen atoms in total. The van der Waals surface area contributed by atoms with Crippen molar-refractivity contribution in [1.82, 2.24) is 4.98 Å². The van der Waals surface area contributed by atoms with Gasteiger partial charge >= 0.3 is 0 Å². The molecule has 1 saturated heterocycles. The van der Waals surface area contributed by atoms with E-state index >= 15 is 0 Å². The van der Waals surface area contributed by atoms with E-state index in [1.54, 1.807) is 4.90 Å². The number of fused-ring (bicyclic) bond motifs is 1. The van der Waals surface area contributed by atoms with Crippen LogP contribution in [0.25, 0.3) is 10.9 Å². The highest BCUT2D eigenvalue weighted by molar-refractivity contribution is 6.12. The number of nitrogens with one attached hydrogen (secondary N) is 2. The molecule has 132 valence electrons. The van der Waals surface area contributed by atoms with E-state index in [0.717, 1.165) is 40.8 Å². The van der Waals surface area contributed by atoms with Crippen LogP contribution in [0.3, 0.4) is 0 Å². The Balaban J connectivity index is 1.57. The lowest BCUT2D eigenvalue weighted by atomic mass is 10.1. The molecule has 0 bridgehead atoms.